The third-order valence-corrected chi connectivity index (χ3v) is 16.6. The standard InChI is InChI=1S/C53H57ClN12O4S2/c1-29(2)48(52(70)64-27-41(67)22-43(64)51(69)58-31(4)35-8-10-37(11-9-35)49-32(5)56-28-71-49)65-26-39(25-57-65)38-14-17-44(55-24-38)62-18-20-63(21-19-62)45(68)23-42-50-61-60-34(7)66(50)53-46(30(3)33(6)72-53)47(59-42)36-12-15-40(54)16-13-36/h8-17,24-26,28-29,31,41-43,48,67H,18-23,27H2,1-7H3,(H,58,69)/t31-,41+,42-,43-,48+/m0/s1. The lowest BCUT2D eigenvalue weighted by atomic mass is 9.99. The van der Waals surface area contributed by atoms with Gasteiger partial charge in [-0.1, -0.05) is 61.8 Å². The molecule has 0 spiro atoms. The Kier molecular flexibility index (Phi) is 13.7. The van der Waals surface area contributed by atoms with Crippen LogP contribution in [0, 0.1) is 33.6 Å². The number of carbonyl (C=O) groups is 3. The average molecular weight is 1030 g/mol. The zero-order valence-electron chi connectivity index (χ0n) is 41.3. The van der Waals surface area contributed by atoms with Crippen LogP contribution in [0.5, 0.6) is 0 Å². The van der Waals surface area contributed by atoms with Crippen molar-refractivity contribution in [3.8, 4) is 26.6 Å². The number of piperazine rings is 1. The minimum absolute atomic E-state index is 0.00253. The SMILES string of the molecule is Cc1ncsc1-c1ccc([C@H](C)NC(=O)[C@@H]2C[C@@H](O)CN2C(=O)[C@@H](C(C)C)n2cc(-c3ccc(N4CCN(C(=O)C[C@@H]5N=C(c6ccc(Cl)cc6)c6c(sc(C)c6C)-n6c(C)nnc65)CC4)nc3)cn2)cc1. The predicted octanol–water partition coefficient (Wildman–Crippen LogP) is 8.27. The molecule has 16 nitrogen and oxygen atoms in total. The summed E-state index contributed by atoms with van der Waals surface area (Å²) in [5.74, 6) is 1.44. The highest BCUT2D eigenvalue weighted by Crippen LogP contribution is 2.40. The summed E-state index contributed by atoms with van der Waals surface area (Å²) < 4.78 is 3.73. The van der Waals surface area contributed by atoms with E-state index in [9.17, 15) is 19.5 Å². The summed E-state index contributed by atoms with van der Waals surface area (Å²) in [6, 6.07) is 17.3. The summed E-state index contributed by atoms with van der Waals surface area (Å²) in [5, 5.41) is 29.2. The van der Waals surface area contributed by atoms with Crippen LogP contribution in [0.1, 0.15) is 96.2 Å². The number of hydrogen-bond donors (Lipinski definition) is 2. The van der Waals surface area contributed by atoms with Crippen LogP contribution < -0.4 is 10.2 Å². The minimum Gasteiger partial charge on any atom is -0.391 e. The van der Waals surface area contributed by atoms with E-state index in [1.54, 1.807) is 39.7 Å². The number of anilines is 1. The van der Waals surface area contributed by atoms with Crippen LogP contribution in [-0.4, -0.2) is 118 Å². The number of aromatic nitrogens is 7. The first-order chi connectivity index (χ1) is 34.6. The monoisotopic (exact) mass is 1020 g/mol. The zero-order valence-corrected chi connectivity index (χ0v) is 43.7. The van der Waals surface area contributed by atoms with Gasteiger partial charge in [-0.15, -0.1) is 32.9 Å². The van der Waals surface area contributed by atoms with Crippen molar-refractivity contribution >= 4 is 63.5 Å². The van der Waals surface area contributed by atoms with E-state index in [0.717, 1.165) is 71.9 Å². The molecule has 0 aliphatic carbocycles. The maximum absolute atomic E-state index is 14.4. The third kappa shape index (κ3) is 9.48. The molecule has 2 N–H and O–H groups in total. The Balaban J connectivity index is 0.777. The molecule has 3 aliphatic heterocycles. The number of rotatable bonds is 12. The molecule has 0 bridgehead atoms. The Bertz CT molecular complexity index is 3170. The molecule has 19 heteroatoms. The van der Waals surface area contributed by atoms with Gasteiger partial charge in [-0.2, -0.15) is 5.10 Å². The van der Waals surface area contributed by atoms with Crippen molar-refractivity contribution in [3.63, 3.8) is 0 Å². The van der Waals surface area contributed by atoms with Gasteiger partial charge in [0.15, 0.2) is 5.82 Å². The molecule has 72 heavy (non-hydrogen) atoms. The summed E-state index contributed by atoms with van der Waals surface area (Å²) in [4.78, 5) is 64.8. The highest BCUT2D eigenvalue weighted by Gasteiger charge is 2.43. The molecule has 3 amide bonds. The van der Waals surface area contributed by atoms with E-state index in [1.165, 1.54) is 9.78 Å². The minimum atomic E-state index is -0.831. The molecule has 3 aliphatic rings. The van der Waals surface area contributed by atoms with Crippen LogP contribution in [0.3, 0.4) is 0 Å². The largest absolute Gasteiger partial charge is 0.391 e. The third-order valence-electron chi connectivity index (χ3n) is 14.2. The summed E-state index contributed by atoms with van der Waals surface area (Å²) in [6.45, 7) is 16.3. The number of hydrogen-bond acceptors (Lipinski definition) is 13. The number of aliphatic hydroxyl groups excluding tert-OH is 1. The zero-order chi connectivity index (χ0) is 50.5. The number of likely N-dealkylation sites (tertiary alicyclic amines) is 1. The van der Waals surface area contributed by atoms with Gasteiger partial charge in [0.25, 0.3) is 0 Å². The summed E-state index contributed by atoms with van der Waals surface area (Å²) in [7, 11) is 0. The first kappa shape index (κ1) is 49.0. The summed E-state index contributed by atoms with van der Waals surface area (Å²) in [6.07, 6.45) is 4.83. The number of nitrogens with one attached hydrogen (secondary N) is 1. The van der Waals surface area contributed by atoms with Gasteiger partial charge in [0.05, 0.1) is 46.6 Å². The lowest BCUT2D eigenvalue weighted by Gasteiger charge is -2.35. The number of pyridine rings is 1. The molecule has 0 saturated carbocycles. The maximum Gasteiger partial charge on any atom is 0.248 e. The number of aliphatic imine (C=N–C) groups is 1. The molecule has 5 atom stereocenters. The molecule has 10 rings (SSSR count). The van der Waals surface area contributed by atoms with E-state index in [2.05, 4.69) is 48.9 Å². The highest BCUT2D eigenvalue weighted by atomic mass is 35.5. The molecule has 2 saturated heterocycles. The lowest BCUT2D eigenvalue weighted by molar-refractivity contribution is -0.142. The van der Waals surface area contributed by atoms with E-state index in [1.807, 2.05) is 112 Å². The quantitative estimate of drug-likeness (QED) is 0.121. The maximum atomic E-state index is 14.4. The van der Waals surface area contributed by atoms with Crippen molar-refractivity contribution in [2.45, 2.75) is 91.6 Å². The van der Waals surface area contributed by atoms with Crippen LogP contribution in [0.4, 0.5) is 5.82 Å². The Morgan fingerprint density at radius 2 is 1.58 bits per heavy atom. The number of halogens is 1. The Morgan fingerprint density at radius 3 is 2.26 bits per heavy atom. The highest BCUT2D eigenvalue weighted by molar-refractivity contribution is 7.15. The number of thiazole rings is 1. The number of amides is 3. The van der Waals surface area contributed by atoms with Crippen molar-refractivity contribution < 1.29 is 19.5 Å². The summed E-state index contributed by atoms with van der Waals surface area (Å²) in [5.41, 5.74) is 10.3. The summed E-state index contributed by atoms with van der Waals surface area (Å²) >= 11 is 9.58. The molecular weight excluding hydrogens is 968 g/mol. The predicted molar refractivity (Wildman–Crippen MR) is 281 cm³/mol. The lowest BCUT2D eigenvalue weighted by Crippen LogP contribution is -2.49. The van der Waals surface area contributed by atoms with Gasteiger partial charge < -0.3 is 25.1 Å². The van der Waals surface area contributed by atoms with E-state index in [-0.39, 0.29) is 49.1 Å². The second kappa shape index (κ2) is 20.1. The molecular formula is C53H57ClN12O4S2. The van der Waals surface area contributed by atoms with E-state index >= 15 is 0 Å². The van der Waals surface area contributed by atoms with Crippen molar-refractivity contribution in [1.29, 1.82) is 0 Å². The van der Waals surface area contributed by atoms with Crippen LogP contribution >= 0.6 is 34.3 Å². The first-order valence-corrected chi connectivity index (χ1v) is 26.4. The van der Waals surface area contributed by atoms with Crippen LogP contribution in [0.25, 0.3) is 26.6 Å². The van der Waals surface area contributed by atoms with Gasteiger partial charge in [0, 0.05) is 83.7 Å². The van der Waals surface area contributed by atoms with Crippen molar-refractivity contribution in [1.82, 2.24) is 49.6 Å². The topological polar surface area (TPSA) is 180 Å². The second-order valence-corrected chi connectivity index (χ2v) is 21.8. The number of β-amino-alcohol motifs (C(OH)–C–C–N with tert-alkyl or cyclic N) is 1. The molecule has 8 heterocycles. The van der Waals surface area contributed by atoms with Crippen LogP contribution in [0.2, 0.25) is 5.02 Å². The fourth-order valence-corrected chi connectivity index (χ4v) is 12.2. The Hall–Kier alpha value is -6.60. The normalized spacial score (nSPS) is 18.7. The molecule has 2 fully saturated rings. The number of fused-ring (bicyclic) bond motifs is 3. The fourth-order valence-electron chi connectivity index (χ4n) is 10.1. The van der Waals surface area contributed by atoms with Gasteiger partial charge >= 0.3 is 0 Å². The molecule has 0 radical (unpaired) electrons. The number of thiophene rings is 1. The molecule has 7 aromatic rings. The smallest absolute Gasteiger partial charge is 0.248 e. The average Bonchev–Trinajstić information content (AvgIpc) is 4.22. The van der Waals surface area contributed by atoms with Crippen molar-refractivity contribution in [2.24, 2.45) is 10.9 Å². The van der Waals surface area contributed by atoms with E-state index in [0.29, 0.717) is 37.0 Å². The van der Waals surface area contributed by atoms with Crippen molar-refractivity contribution in [2.75, 3.05) is 37.6 Å². The molecule has 0 unspecified atom stereocenters. The fraction of sp³-hybridized carbons (Fsp3) is 0.377. The van der Waals surface area contributed by atoms with Gasteiger partial charge in [0.2, 0.25) is 17.7 Å². The number of aliphatic hydroxyl groups is 1. The Labute approximate surface area is 431 Å². The number of benzene rings is 2. The van der Waals surface area contributed by atoms with Crippen LogP contribution in [-0.2, 0) is 14.4 Å². The molecule has 5 aromatic heterocycles. The first-order valence-electron chi connectivity index (χ1n) is 24.3. The van der Waals surface area contributed by atoms with Crippen molar-refractivity contribution in [3.05, 3.63) is 134 Å². The Morgan fingerprint density at radius 1 is 0.861 bits per heavy atom. The van der Waals surface area contributed by atoms with Crippen LogP contribution in [0.15, 0.2) is 89.8 Å². The van der Waals surface area contributed by atoms with Gasteiger partial charge in [-0.25, -0.2) is 9.97 Å². The number of nitrogens with zero attached hydrogens (tertiary/aromatic N) is 11. The van der Waals surface area contributed by atoms with E-state index < -0.39 is 24.2 Å². The molecule has 372 valence electrons. The number of carbonyl (C=O) groups excluding carboxylic acids is 3. The molecule has 2 aromatic carbocycles. The van der Waals surface area contributed by atoms with Gasteiger partial charge in [-0.05, 0) is 81.5 Å². The van der Waals surface area contributed by atoms with Gasteiger partial charge in [0.1, 0.15) is 34.8 Å². The second-order valence-electron chi connectivity index (χ2n) is 19.3. The van der Waals surface area contributed by atoms with Gasteiger partial charge in [-0.3, -0.25) is 28.6 Å². The number of aryl methyl sites for hydroxylation is 3. The van der Waals surface area contributed by atoms with E-state index in [4.69, 9.17) is 21.6 Å².